The summed E-state index contributed by atoms with van der Waals surface area (Å²) in [6, 6.07) is 11.6. The van der Waals surface area contributed by atoms with Crippen molar-refractivity contribution < 1.29 is 18.7 Å². The molecular weight excluding hydrogens is 423 g/mol. The van der Waals surface area contributed by atoms with E-state index in [4.69, 9.17) is 4.74 Å². The first-order chi connectivity index (χ1) is 12.5. The van der Waals surface area contributed by atoms with Gasteiger partial charge < -0.3 is 4.74 Å². The SMILES string of the molecule is COc1ccc(Br)cc1/C=C/C(=O)NNC(=O)CSc1ccccc1F. The Balaban J connectivity index is 1.82. The minimum Gasteiger partial charge on any atom is -0.496 e. The quantitative estimate of drug-likeness (QED) is 0.411. The molecule has 0 aliphatic carbocycles. The van der Waals surface area contributed by atoms with Crippen molar-refractivity contribution in [2.75, 3.05) is 12.9 Å². The zero-order valence-electron chi connectivity index (χ0n) is 13.8. The lowest BCUT2D eigenvalue weighted by Crippen LogP contribution is -2.41. The first-order valence-corrected chi connectivity index (χ1v) is 9.25. The number of rotatable bonds is 6. The second kappa shape index (κ2) is 9.98. The van der Waals surface area contributed by atoms with Crippen molar-refractivity contribution in [3.63, 3.8) is 0 Å². The number of methoxy groups -OCH3 is 1. The summed E-state index contributed by atoms with van der Waals surface area (Å²) in [5.74, 6) is -0.746. The Labute approximate surface area is 163 Å². The zero-order chi connectivity index (χ0) is 18.9. The molecule has 0 radical (unpaired) electrons. The van der Waals surface area contributed by atoms with Crippen LogP contribution in [0.2, 0.25) is 0 Å². The second-order valence-electron chi connectivity index (χ2n) is 4.98. The van der Waals surface area contributed by atoms with Gasteiger partial charge >= 0.3 is 0 Å². The van der Waals surface area contributed by atoms with E-state index < -0.39 is 11.8 Å². The summed E-state index contributed by atoms with van der Waals surface area (Å²) in [6.45, 7) is 0. The van der Waals surface area contributed by atoms with Gasteiger partial charge in [-0.15, -0.1) is 11.8 Å². The van der Waals surface area contributed by atoms with Crippen molar-refractivity contribution >= 4 is 45.6 Å². The zero-order valence-corrected chi connectivity index (χ0v) is 16.2. The highest BCUT2D eigenvalue weighted by atomic mass is 79.9. The number of amides is 2. The molecule has 0 heterocycles. The van der Waals surface area contributed by atoms with E-state index in [1.54, 1.807) is 36.4 Å². The molecule has 2 N–H and O–H groups in total. The molecule has 26 heavy (non-hydrogen) atoms. The largest absolute Gasteiger partial charge is 0.496 e. The lowest BCUT2D eigenvalue weighted by molar-refractivity contribution is -0.125. The number of carbonyl (C=O) groups excluding carboxylic acids is 2. The van der Waals surface area contributed by atoms with Gasteiger partial charge in [0.1, 0.15) is 11.6 Å². The number of hydrogen-bond acceptors (Lipinski definition) is 4. The van der Waals surface area contributed by atoms with E-state index in [1.165, 1.54) is 19.3 Å². The normalized spacial score (nSPS) is 10.6. The van der Waals surface area contributed by atoms with Crippen LogP contribution in [0.25, 0.3) is 6.08 Å². The van der Waals surface area contributed by atoms with Crippen molar-refractivity contribution in [1.29, 1.82) is 0 Å². The van der Waals surface area contributed by atoms with Crippen LogP contribution in [0.15, 0.2) is 57.9 Å². The monoisotopic (exact) mass is 438 g/mol. The minimum absolute atomic E-state index is 0.0234. The maximum Gasteiger partial charge on any atom is 0.262 e. The molecule has 0 aliphatic rings. The predicted octanol–water partition coefficient (Wildman–Crippen LogP) is 3.55. The van der Waals surface area contributed by atoms with Gasteiger partial charge in [-0.1, -0.05) is 28.1 Å². The Morgan fingerprint density at radius 2 is 2.00 bits per heavy atom. The van der Waals surface area contributed by atoms with Gasteiger partial charge in [-0.2, -0.15) is 0 Å². The number of halogens is 2. The van der Waals surface area contributed by atoms with E-state index in [2.05, 4.69) is 26.8 Å². The molecule has 0 saturated carbocycles. The van der Waals surface area contributed by atoms with E-state index in [1.807, 2.05) is 6.07 Å². The van der Waals surface area contributed by atoms with Gasteiger partial charge in [0.15, 0.2) is 0 Å². The van der Waals surface area contributed by atoms with Gasteiger partial charge in [-0.25, -0.2) is 4.39 Å². The van der Waals surface area contributed by atoms with Crippen LogP contribution >= 0.6 is 27.7 Å². The molecular formula is C18H16BrFN2O3S. The van der Waals surface area contributed by atoms with Crippen molar-refractivity contribution in [3.05, 3.63) is 64.4 Å². The fourth-order valence-corrected chi connectivity index (χ4v) is 3.03. The number of benzene rings is 2. The molecule has 0 unspecified atom stereocenters. The lowest BCUT2D eigenvalue weighted by Gasteiger charge is -2.07. The molecule has 0 fully saturated rings. The molecule has 0 spiro atoms. The van der Waals surface area contributed by atoms with Crippen LogP contribution in [-0.2, 0) is 9.59 Å². The summed E-state index contributed by atoms with van der Waals surface area (Å²) < 4.78 is 19.5. The highest BCUT2D eigenvalue weighted by molar-refractivity contribution is 9.10. The predicted molar refractivity (Wildman–Crippen MR) is 103 cm³/mol. The van der Waals surface area contributed by atoms with Crippen molar-refractivity contribution in [1.82, 2.24) is 10.9 Å². The summed E-state index contributed by atoms with van der Waals surface area (Å²) in [5, 5.41) is 0. The Bertz CT molecular complexity index is 830. The van der Waals surface area contributed by atoms with E-state index in [9.17, 15) is 14.0 Å². The number of ether oxygens (including phenoxy) is 1. The molecule has 2 amide bonds. The van der Waals surface area contributed by atoms with Crippen LogP contribution in [-0.4, -0.2) is 24.7 Å². The van der Waals surface area contributed by atoms with E-state index >= 15 is 0 Å². The van der Waals surface area contributed by atoms with Crippen molar-refractivity contribution in [2.24, 2.45) is 0 Å². The molecule has 0 aromatic heterocycles. The minimum atomic E-state index is -0.503. The van der Waals surface area contributed by atoms with Gasteiger partial charge in [0.25, 0.3) is 5.91 Å². The fourth-order valence-electron chi connectivity index (χ4n) is 1.92. The van der Waals surface area contributed by atoms with Gasteiger partial charge in [-0.3, -0.25) is 20.4 Å². The van der Waals surface area contributed by atoms with E-state index in [0.717, 1.165) is 16.2 Å². The number of hydrogen-bond donors (Lipinski definition) is 2. The average molecular weight is 439 g/mol. The smallest absolute Gasteiger partial charge is 0.262 e. The maximum absolute atomic E-state index is 13.5. The Kier molecular flexibility index (Phi) is 7.68. The second-order valence-corrected chi connectivity index (χ2v) is 6.91. The third kappa shape index (κ3) is 6.20. The lowest BCUT2D eigenvalue weighted by atomic mass is 10.2. The number of nitrogens with one attached hydrogen (secondary N) is 2. The summed E-state index contributed by atoms with van der Waals surface area (Å²) in [7, 11) is 1.54. The first kappa shape index (κ1) is 20.0. The Hall–Kier alpha value is -2.32. The van der Waals surface area contributed by atoms with E-state index in [0.29, 0.717) is 16.2 Å². The Morgan fingerprint density at radius 3 is 2.73 bits per heavy atom. The third-order valence-electron chi connectivity index (χ3n) is 3.13. The molecule has 2 aromatic carbocycles. The molecule has 0 aliphatic heterocycles. The number of carbonyl (C=O) groups is 2. The summed E-state index contributed by atoms with van der Waals surface area (Å²) >= 11 is 4.39. The molecule has 0 atom stereocenters. The molecule has 2 aromatic rings. The van der Waals surface area contributed by atoms with E-state index in [-0.39, 0.29) is 11.6 Å². The van der Waals surface area contributed by atoms with Crippen LogP contribution in [0.4, 0.5) is 4.39 Å². The van der Waals surface area contributed by atoms with Crippen molar-refractivity contribution in [3.8, 4) is 5.75 Å². The van der Waals surface area contributed by atoms with Gasteiger partial charge in [0, 0.05) is 21.0 Å². The highest BCUT2D eigenvalue weighted by Crippen LogP contribution is 2.24. The fraction of sp³-hybridized carbons (Fsp3) is 0.111. The maximum atomic E-state index is 13.5. The number of hydrazine groups is 1. The Morgan fingerprint density at radius 1 is 1.23 bits per heavy atom. The van der Waals surface area contributed by atoms with Gasteiger partial charge in [-0.05, 0) is 36.4 Å². The standard InChI is InChI=1S/C18H16BrFN2O3S/c1-25-15-8-7-13(19)10-12(15)6-9-17(23)21-22-18(24)11-26-16-5-3-2-4-14(16)20/h2-10H,11H2,1H3,(H,21,23)(H,22,24)/b9-6+. The molecule has 5 nitrogen and oxygen atoms in total. The highest BCUT2D eigenvalue weighted by Gasteiger charge is 2.07. The summed E-state index contributed by atoms with van der Waals surface area (Å²) in [5.41, 5.74) is 5.25. The van der Waals surface area contributed by atoms with Crippen LogP contribution in [0, 0.1) is 5.82 Å². The average Bonchev–Trinajstić information content (AvgIpc) is 2.64. The number of thioether (sulfide) groups is 1. The molecule has 8 heteroatoms. The first-order valence-electron chi connectivity index (χ1n) is 7.47. The topological polar surface area (TPSA) is 67.4 Å². The van der Waals surface area contributed by atoms with Crippen LogP contribution in [0.1, 0.15) is 5.56 Å². The summed E-state index contributed by atoms with van der Waals surface area (Å²) in [6.07, 6.45) is 2.84. The molecule has 0 saturated heterocycles. The van der Waals surface area contributed by atoms with Crippen molar-refractivity contribution in [2.45, 2.75) is 4.90 Å². The van der Waals surface area contributed by atoms with Crippen LogP contribution < -0.4 is 15.6 Å². The van der Waals surface area contributed by atoms with Gasteiger partial charge in [0.05, 0.1) is 12.9 Å². The van der Waals surface area contributed by atoms with Gasteiger partial charge in [0.2, 0.25) is 5.91 Å². The van der Waals surface area contributed by atoms with Crippen LogP contribution in [0.3, 0.4) is 0 Å². The molecule has 136 valence electrons. The summed E-state index contributed by atoms with van der Waals surface area (Å²) in [4.78, 5) is 23.9. The third-order valence-corrected chi connectivity index (χ3v) is 4.67. The molecule has 2 rings (SSSR count). The van der Waals surface area contributed by atoms with Crippen LogP contribution in [0.5, 0.6) is 5.75 Å². The molecule has 0 bridgehead atoms.